The van der Waals surface area contributed by atoms with Crippen LogP contribution in [0.25, 0.3) is 0 Å². The zero-order valence-electron chi connectivity index (χ0n) is 28.3. The first-order chi connectivity index (χ1) is 22.7. The van der Waals surface area contributed by atoms with Gasteiger partial charge in [0.2, 0.25) is 17.7 Å². The number of nitrogens with zero attached hydrogens (tertiary/aromatic N) is 2. The van der Waals surface area contributed by atoms with E-state index in [0.717, 1.165) is 24.8 Å². The maximum atomic E-state index is 14.6. The Bertz CT molecular complexity index is 1270. The van der Waals surface area contributed by atoms with Gasteiger partial charge in [-0.25, -0.2) is 0 Å². The van der Waals surface area contributed by atoms with E-state index in [0.29, 0.717) is 38.8 Å². The fourth-order valence-electron chi connectivity index (χ4n) is 7.66. The Balaban J connectivity index is 1.68. The molecular formula is C37H53N3O7. The van der Waals surface area contributed by atoms with E-state index in [1.165, 1.54) is 0 Å². The number of carbonyl (C=O) groups excluding carboxylic acids is 4. The van der Waals surface area contributed by atoms with Crippen LogP contribution in [0.15, 0.2) is 55.6 Å². The van der Waals surface area contributed by atoms with Crippen molar-refractivity contribution in [2.24, 2.45) is 17.8 Å². The molecule has 3 heterocycles. The third-order valence-corrected chi connectivity index (χ3v) is 10.3. The van der Waals surface area contributed by atoms with E-state index in [1.54, 1.807) is 22.0 Å². The third kappa shape index (κ3) is 7.49. The van der Waals surface area contributed by atoms with Crippen LogP contribution in [-0.2, 0) is 28.7 Å². The topological polar surface area (TPSA) is 125 Å². The van der Waals surface area contributed by atoms with E-state index in [-0.39, 0.29) is 43.3 Å². The predicted octanol–water partition coefficient (Wildman–Crippen LogP) is 4.34. The number of fused-ring (bicyclic) bond motifs is 1. The summed E-state index contributed by atoms with van der Waals surface area (Å²) in [6, 6.07) is 7.03. The summed E-state index contributed by atoms with van der Waals surface area (Å²) in [6.07, 6.45) is 7.91. The largest absolute Gasteiger partial charge is 0.463 e. The Labute approximate surface area is 279 Å². The molecule has 0 unspecified atom stereocenters. The first kappa shape index (κ1) is 36.3. The highest BCUT2D eigenvalue weighted by Gasteiger charge is 2.75. The number of aliphatic hydroxyl groups is 1. The second kappa shape index (κ2) is 16.6. The standard InChI is InChI=1S/C37H53N3O7/c1-6-10-15-22-39(21-8-3)36(45)33-37-20-19-29(47-37)31(32(37)35(44)40(33)28(23-41)25(5)9-4)34(43)38-27(26-16-13-12-14-17-26)24-46-30(42)18-11-7-2/h7-8,12-14,16-17,25,27-29,31-33,41H,2-3,6,9-11,15,18-24H2,1,4-5H3,(H,38,43)/t25-,27+,28-,29-,31+,32+,33-,37+/m0/s1. The zero-order chi connectivity index (χ0) is 34.1. The van der Waals surface area contributed by atoms with Gasteiger partial charge in [0.05, 0.1) is 36.6 Å². The van der Waals surface area contributed by atoms with Crippen LogP contribution in [0.5, 0.6) is 0 Å². The van der Waals surface area contributed by atoms with Crippen LogP contribution in [0.4, 0.5) is 0 Å². The number of aliphatic hydroxyl groups excluding tert-OH is 1. The van der Waals surface area contributed by atoms with E-state index in [9.17, 15) is 24.3 Å². The Morgan fingerprint density at radius 3 is 2.57 bits per heavy atom. The summed E-state index contributed by atoms with van der Waals surface area (Å²) < 4.78 is 12.2. The van der Waals surface area contributed by atoms with Crippen LogP contribution >= 0.6 is 0 Å². The molecule has 258 valence electrons. The van der Waals surface area contributed by atoms with Gasteiger partial charge in [0.15, 0.2) is 0 Å². The molecule has 47 heavy (non-hydrogen) atoms. The Hall–Kier alpha value is -3.50. The minimum atomic E-state index is -1.19. The highest BCUT2D eigenvalue weighted by Crippen LogP contribution is 2.59. The number of hydrogen-bond acceptors (Lipinski definition) is 7. The van der Waals surface area contributed by atoms with E-state index in [1.807, 2.05) is 44.2 Å². The normalized spacial score (nSPS) is 26.3. The number of benzene rings is 1. The minimum absolute atomic E-state index is 0.0736. The lowest BCUT2D eigenvalue weighted by Crippen LogP contribution is -2.59. The number of allylic oxidation sites excluding steroid dienone is 1. The lowest BCUT2D eigenvalue weighted by Gasteiger charge is -2.41. The monoisotopic (exact) mass is 651 g/mol. The molecule has 2 N–H and O–H groups in total. The van der Waals surface area contributed by atoms with Crippen LogP contribution in [0.2, 0.25) is 0 Å². The molecule has 0 aliphatic carbocycles. The predicted molar refractivity (Wildman–Crippen MR) is 179 cm³/mol. The third-order valence-electron chi connectivity index (χ3n) is 10.3. The smallest absolute Gasteiger partial charge is 0.306 e. The van der Waals surface area contributed by atoms with Gasteiger partial charge < -0.3 is 29.7 Å². The molecule has 0 radical (unpaired) electrons. The number of hydrogen-bond donors (Lipinski definition) is 2. The van der Waals surface area contributed by atoms with E-state index in [2.05, 4.69) is 25.4 Å². The van der Waals surface area contributed by atoms with Gasteiger partial charge in [-0.1, -0.05) is 82.5 Å². The van der Waals surface area contributed by atoms with Crippen LogP contribution in [0.3, 0.4) is 0 Å². The molecule has 3 aliphatic rings. The van der Waals surface area contributed by atoms with E-state index in [4.69, 9.17) is 9.47 Å². The summed E-state index contributed by atoms with van der Waals surface area (Å²) in [5, 5.41) is 13.7. The van der Waals surface area contributed by atoms with Crippen molar-refractivity contribution in [2.45, 2.75) is 102 Å². The summed E-state index contributed by atoms with van der Waals surface area (Å²) in [5.74, 6) is -3.16. The van der Waals surface area contributed by atoms with Gasteiger partial charge in [-0.2, -0.15) is 0 Å². The SMILES string of the molecule is C=CCCC(=O)OC[C@@H](NC(=O)[C@@H]1[C@@H]2CC[C@]3(O2)[C@H](C(=O)N(CC=C)CCCCC)N([C@@H](CO)[C@@H](C)CC)C(=O)[C@@H]13)c1ccccc1. The molecule has 2 bridgehead atoms. The van der Waals surface area contributed by atoms with Crippen molar-refractivity contribution in [3.8, 4) is 0 Å². The first-order valence-corrected chi connectivity index (χ1v) is 17.3. The lowest BCUT2D eigenvalue weighted by molar-refractivity contribution is -0.152. The molecule has 3 fully saturated rings. The molecule has 1 aromatic carbocycles. The highest BCUT2D eigenvalue weighted by molar-refractivity contribution is 5.99. The Morgan fingerprint density at radius 2 is 1.94 bits per heavy atom. The van der Waals surface area contributed by atoms with Gasteiger partial charge in [0, 0.05) is 19.5 Å². The molecule has 1 spiro atoms. The summed E-state index contributed by atoms with van der Waals surface area (Å²) in [4.78, 5) is 59.1. The molecule has 0 saturated carbocycles. The first-order valence-electron chi connectivity index (χ1n) is 17.3. The average molecular weight is 652 g/mol. The van der Waals surface area contributed by atoms with Crippen molar-refractivity contribution in [1.29, 1.82) is 0 Å². The Morgan fingerprint density at radius 1 is 1.19 bits per heavy atom. The second-order valence-corrected chi connectivity index (χ2v) is 13.2. The van der Waals surface area contributed by atoms with Gasteiger partial charge in [0.25, 0.3) is 0 Å². The molecule has 10 heteroatoms. The van der Waals surface area contributed by atoms with Crippen LogP contribution in [-0.4, -0.2) is 88.7 Å². The van der Waals surface area contributed by atoms with Crippen LogP contribution in [0, 0.1) is 17.8 Å². The van der Waals surface area contributed by atoms with Crippen molar-refractivity contribution in [3.63, 3.8) is 0 Å². The number of esters is 1. The zero-order valence-corrected chi connectivity index (χ0v) is 28.3. The Kier molecular flexibility index (Phi) is 12.8. The number of amides is 3. The number of rotatable bonds is 19. The molecular weight excluding hydrogens is 598 g/mol. The summed E-state index contributed by atoms with van der Waals surface area (Å²) in [6.45, 7) is 14.0. The average Bonchev–Trinajstić information content (AvgIpc) is 3.73. The quantitative estimate of drug-likeness (QED) is 0.130. The molecule has 4 rings (SSSR count). The van der Waals surface area contributed by atoms with Gasteiger partial charge in [-0.3, -0.25) is 19.2 Å². The summed E-state index contributed by atoms with van der Waals surface area (Å²) in [7, 11) is 0. The van der Waals surface area contributed by atoms with Crippen LogP contribution in [0.1, 0.15) is 83.7 Å². The van der Waals surface area contributed by atoms with Gasteiger partial charge in [0.1, 0.15) is 18.2 Å². The van der Waals surface area contributed by atoms with Crippen molar-refractivity contribution in [1.82, 2.24) is 15.1 Å². The molecule has 3 saturated heterocycles. The number of nitrogens with one attached hydrogen (secondary N) is 1. The fourth-order valence-corrected chi connectivity index (χ4v) is 7.66. The van der Waals surface area contributed by atoms with Crippen molar-refractivity contribution in [2.75, 3.05) is 26.3 Å². The van der Waals surface area contributed by atoms with E-state index >= 15 is 0 Å². The summed E-state index contributed by atoms with van der Waals surface area (Å²) >= 11 is 0. The molecule has 1 aromatic rings. The van der Waals surface area contributed by atoms with E-state index < -0.39 is 47.6 Å². The molecule has 8 atom stereocenters. The number of carbonyl (C=O) groups is 4. The highest BCUT2D eigenvalue weighted by atomic mass is 16.5. The lowest BCUT2D eigenvalue weighted by atomic mass is 9.70. The molecule has 10 nitrogen and oxygen atoms in total. The summed E-state index contributed by atoms with van der Waals surface area (Å²) in [5.41, 5.74) is -0.432. The molecule has 3 amide bonds. The second-order valence-electron chi connectivity index (χ2n) is 13.2. The molecule has 3 aliphatic heterocycles. The van der Waals surface area contributed by atoms with Crippen molar-refractivity contribution in [3.05, 3.63) is 61.2 Å². The van der Waals surface area contributed by atoms with Crippen molar-refractivity contribution < 1.29 is 33.8 Å². The van der Waals surface area contributed by atoms with Crippen LogP contribution < -0.4 is 5.32 Å². The molecule has 0 aromatic heterocycles. The number of ether oxygens (including phenoxy) is 2. The van der Waals surface area contributed by atoms with Crippen molar-refractivity contribution >= 4 is 23.7 Å². The number of unbranched alkanes of at least 4 members (excludes halogenated alkanes) is 2. The number of likely N-dealkylation sites (tertiary alicyclic amines) is 1. The maximum absolute atomic E-state index is 14.6. The van der Waals surface area contributed by atoms with Gasteiger partial charge in [-0.15, -0.1) is 13.2 Å². The fraction of sp³-hybridized carbons (Fsp3) is 0.622. The minimum Gasteiger partial charge on any atom is -0.463 e. The van der Waals surface area contributed by atoms with Gasteiger partial charge in [-0.05, 0) is 37.2 Å². The van der Waals surface area contributed by atoms with Gasteiger partial charge >= 0.3 is 5.97 Å². The maximum Gasteiger partial charge on any atom is 0.306 e.